The molecule has 13 heavy (non-hydrogen) atoms. The zero-order chi connectivity index (χ0) is 9.90. The molecule has 0 heterocycles. The first-order valence-electron chi connectivity index (χ1n) is 4.73. The first kappa shape index (κ1) is 10.3. The summed E-state index contributed by atoms with van der Waals surface area (Å²) < 4.78 is 0. The van der Waals surface area contributed by atoms with Gasteiger partial charge in [-0.3, -0.25) is 0 Å². The van der Waals surface area contributed by atoms with Gasteiger partial charge in [-0.25, -0.2) is 0 Å². The van der Waals surface area contributed by atoms with Gasteiger partial charge in [-0.15, -0.1) is 6.58 Å². The lowest BCUT2D eigenvalue weighted by atomic mass is 10.1. The van der Waals surface area contributed by atoms with E-state index >= 15 is 0 Å². The molecule has 0 aliphatic rings. The molecular weight excluding hydrogens is 172 g/mol. The minimum absolute atomic E-state index is 0.578. The van der Waals surface area contributed by atoms with Crippen LogP contribution in [0.15, 0.2) is 43.0 Å². The van der Waals surface area contributed by atoms with Gasteiger partial charge in [0.05, 0.1) is 8.07 Å². The fourth-order valence-electron chi connectivity index (χ4n) is 1.65. The van der Waals surface area contributed by atoms with E-state index in [-0.39, 0.29) is 0 Å². The third kappa shape index (κ3) is 2.56. The van der Waals surface area contributed by atoms with Crippen molar-refractivity contribution in [1.29, 1.82) is 0 Å². The molecule has 0 spiro atoms. The fourth-order valence-corrected chi connectivity index (χ4v) is 3.55. The molecule has 1 atom stereocenters. The number of benzene rings is 1. The third-order valence-electron chi connectivity index (χ3n) is 2.33. The van der Waals surface area contributed by atoms with Crippen molar-refractivity contribution in [2.24, 2.45) is 0 Å². The molecule has 0 aliphatic carbocycles. The Morgan fingerprint density at radius 1 is 1.15 bits per heavy atom. The summed E-state index contributed by atoms with van der Waals surface area (Å²) in [6, 6.07) is 10.7. The zero-order valence-electron chi connectivity index (χ0n) is 8.75. The molecule has 0 fully saturated rings. The molecule has 0 saturated carbocycles. The van der Waals surface area contributed by atoms with Crippen LogP contribution in [0.1, 0.15) is 11.1 Å². The van der Waals surface area contributed by atoms with Crippen molar-refractivity contribution < 1.29 is 0 Å². The largest absolute Gasteiger partial charge is 0.103 e. The Morgan fingerprint density at radius 2 is 1.69 bits per heavy atom. The Balaban J connectivity index is 2.99. The predicted molar refractivity (Wildman–Crippen MR) is 62.7 cm³/mol. The van der Waals surface area contributed by atoms with Gasteiger partial charge in [-0.05, 0) is 11.1 Å². The number of hydrogen-bond acceptors (Lipinski definition) is 0. The highest BCUT2D eigenvalue weighted by atomic mass is 28.3. The number of allylic oxidation sites excluding steroid dienone is 1. The SMILES string of the molecule is C=C[C@@H](c1ccccc1)[Si](C)(C)C. The van der Waals surface area contributed by atoms with Crippen molar-refractivity contribution in [2.45, 2.75) is 25.2 Å². The summed E-state index contributed by atoms with van der Waals surface area (Å²) in [7, 11) is -1.15. The van der Waals surface area contributed by atoms with Gasteiger partial charge in [0, 0.05) is 0 Å². The van der Waals surface area contributed by atoms with Gasteiger partial charge < -0.3 is 0 Å². The van der Waals surface area contributed by atoms with Crippen LogP contribution in [0, 0.1) is 0 Å². The van der Waals surface area contributed by atoms with Crippen LogP contribution < -0.4 is 0 Å². The van der Waals surface area contributed by atoms with Gasteiger partial charge >= 0.3 is 0 Å². The van der Waals surface area contributed by atoms with Crippen LogP contribution in [-0.2, 0) is 0 Å². The van der Waals surface area contributed by atoms with E-state index in [1.54, 1.807) is 0 Å². The van der Waals surface area contributed by atoms with Crippen molar-refractivity contribution >= 4 is 8.07 Å². The van der Waals surface area contributed by atoms with E-state index in [1.807, 2.05) is 0 Å². The summed E-state index contributed by atoms with van der Waals surface area (Å²) in [6.07, 6.45) is 2.10. The van der Waals surface area contributed by atoms with Gasteiger partial charge in [0.25, 0.3) is 0 Å². The fraction of sp³-hybridized carbons (Fsp3) is 0.333. The monoisotopic (exact) mass is 190 g/mol. The van der Waals surface area contributed by atoms with E-state index in [1.165, 1.54) is 5.56 Å². The van der Waals surface area contributed by atoms with E-state index in [0.717, 1.165) is 0 Å². The maximum absolute atomic E-state index is 3.94. The summed E-state index contributed by atoms with van der Waals surface area (Å²) in [5.41, 5.74) is 1.99. The van der Waals surface area contributed by atoms with Gasteiger partial charge in [0.2, 0.25) is 0 Å². The molecule has 0 unspecified atom stereocenters. The molecule has 1 heteroatoms. The van der Waals surface area contributed by atoms with Crippen LogP contribution in [0.25, 0.3) is 0 Å². The average Bonchev–Trinajstić information content (AvgIpc) is 2.05. The second kappa shape index (κ2) is 3.92. The van der Waals surface area contributed by atoms with Crippen LogP contribution >= 0.6 is 0 Å². The highest BCUT2D eigenvalue weighted by Crippen LogP contribution is 2.27. The van der Waals surface area contributed by atoms with Crippen LogP contribution in [-0.4, -0.2) is 8.07 Å². The minimum atomic E-state index is -1.15. The van der Waals surface area contributed by atoms with Crippen molar-refractivity contribution in [3.8, 4) is 0 Å². The molecule has 1 rings (SSSR count). The smallest absolute Gasteiger partial charge is 0.0565 e. The normalized spacial score (nSPS) is 13.8. The minimum Gasteiger partial charge on any atom is -0.103 e. The molecule has 1 aromatic rings. The second-order valence-electron chi connectivity index (χ2n) is 4.49. The van der Waals surface area contributed by atoms with Gasteiger partial charge in [-0.2, -0.15) is 0 Å². The molecule has 0 bridgehead atoms. The Morgan fingerprint density at radius 3 is 2.08 bits per heavy atom. The highest BCUT2D eigenvalue weighted by Gasteiger charge is 2.24. The Hall–Kier alpha value is -0.823. The lowest BCUT2D eigenvalue weighted by Crippen LogP contribution is -2.29. The van der Waals surface area contributed by atoms with Crippen molar-refractivity contribution in [3.63, 3.8) is 0 Å². The van der Waals surface area contributed by atoms with E-state index in [9.17, 15) is 0 Å². The standard InChI is InChI=1S/C12H18Si/c1-5-12(13(2,3)4)11-9-7-6-8-10-11/h5-10,12H,1H2,2-4H3/t12-/m0/s1. The molecule has 1 aromatic carbocycles. The molecule has 0 radical (unpaired) electrons. The second-order valence-corrected chi connectivity index (χ2v) is 9.84. The van der Waals surface area contributed by atoms with Crippen LogP contribution in [0.5, 0.6) is 0 Å². The third-order valence-corrected chi connectivity index (χ3v) is 4.76. The topological polar surface area (TPSA) is 0 Å². The van der Waals surface area contributed by atoms with Crippen LogP contribution in [0.2, 0.25) is 19.6 Å². The van der Waals surface area contributed by atoms with E-state index in [4.69, 9.17) is 0 Å². The van der Waals surface area contributed by atoms with Crippen molar-refractivity contribution in [3.05, 3.63) is 48.6 Å². The first-order valence-corrected chi connectivity index (χ1v) is 8.31. The van der Waals surface area contributed by atoms with E-state index in [2.05, 4.69) is 62.6 Å². The summed E-state index contributed by atoms with van der Waals surface area (Å²) >= 11 is 0. The summed E-state index contributed by atoms with van der Waals surface area (Å²) in [5, 5.41) is 0. The lowest BCUT2D eigenvalue weighted by Gasteiger charge is -2.26. The molecule has 0 nitrogen and oxygen atoms in total. The molecule has 0 aromatic heterocycles. The summed E-state index contributed by atoms with van der Waals surface area (Å²) in [5.74, 6) is 0. The van der Waals surface area contributed by atoms with Crippen LogP contribution in [0.3, 0.4) is 0 Å². The Kier molecular flexibility index (Phi) is 3.10. The summed E-state index contributed by atoms with van der Waals surface area (Å²) in [6.45, 7) is 11.1. The van der Waals surface area contributed by atoms with Crippen molar-refractivity contribution in [2.75, 3.05) is 0 Å². The average molecular weight is 190 g/mol. The number of hydrogen-bond donors (Lipinski definition) is 0. The molecule has 70 valence electrons. The molecular formula is C12H18Si. The molecule has 0 N–H and O–H groups in total. The predicted octanol–water partition coefficient (Wildman–Crippen LogP) is 3.83. The molecule has 0 amide bonds. The highest BCUT2D eigenvalue weighted by molar-refractivity contribution is 6.77. The Labute approximate surface area is 82.3 Å². The van der Waals surface area contributed by atoms with E-state index < -0.39 is 8.07 Å². The zero-order valence-corrected chi connectivity index (χ0v) is 9.75. The molecule has 0 aliphatic heterocycles. The van der Waals surface area contributed by atoms with Gasteiger partial charge in [-0.1, -0.05) is 56.0 Å². The maximum Gasteiger partial charge on any atom is 0.0565 e. The quantitative estimate of drug-likeness (QED) is 0.502. The van der Waals surface area contributed by atoms with Crippen LogP contribution in [0.4, 0.5) is 0 Å². The Bertz CT molecular complexity index is 269. The first-order chi connectivity index (χ1) is 6.05. The van der Waals surface area contributed by atoms with Gasteiger partial charge in [0.1, 0.15) is 0 Å². The lowest BCUT2D eigenvalue weighted by molar-refractivity contribution is 1.14. The maximum atomic E-state index is 3.94. The molecule has 0 saturated heterocycles. The van der Waals surface area contributed by atoms with Gasteiger partial charge in [0.15, 0.2) is 0 Å². The summed E-state index contributed by atoms with van der Waals surface area (Å²) in [4.78, 5) is 0. The van der Waals surface area contributed by atoms with Crippen molar-refractivity contribution in [1.82, 2.24) is 0 Å². The number of rotatable bonds is 3. The van der Waals surface area contributed by atoms with E-state index in [0.29, 0.717) is 5.54 Å².